The highest BCUT2D eigenvalue weighted by molar-refractivity contribution is 7.99. The van der Waals surface area contributed by atoms with E-state index in [1.807, 2.05) is 7.05 Å². The van der Waals surface area contributed by atoms with Gasteiger partial charge in [0, 0.05) is 25.2 Å². The number of nitrogens with one attached hydrogen (secondary N) is 1. The standard InChI is InChI=1S/C13H18N2OS.ClH/c1-10-3-5-11(6-4-10)7-15(2)13(16)12-8-17-9-14-12;/h3-6,12,14H,7-9H2,1-2H3;1H. The van der Waals surface area contributed by atoms with E-state index in [1.165, 1.54) is 11.1 Å². The Bertz CT molecular complexity index is 390. The molecule has 2 rings (SSSR count). The van der Waals surface area contributed by atoms with Crippen molar-refractivity contribution in [2.45, 2.75) is 19.5 Å². The van der Waals surface area contributed by atoms with E-state index in [4.69, 9.17) is 0 Å². The molecule has 0 aliphatic carbocycles. The van der Waals surface area contributed by atoms with Crippen LogP contribution in [-0.2, 0) is 11.3 Å². The first kappa shape index (κ1) is 15.3. The predicted molar refractivity (Wildman–Crippen MR) is 79.1 cm³/mol. The van der Waals surface area contributed by atoms with Gasteiger partial charge in [-0.25, -0.2) is 0 Å². The van der Waals surface area contributed by atoms with E-state index in [9.17, 15) is 4.79 Å². The molecule has 0 aromatic heterocycles. The molecule has 1 heterocycles. The Morgan fingerprint density at radius 3 is 2.67 bits per heavy atom. The van der Waals surface area contributed by atoms with Crippen molar-refractivity contribution in [1.82, 2.24) is 10.2 Å². The molecule has 1 aliphatic heterocycles. The normalized spacial score (nSPS) is 18.2. The largest absolute Gasteiger partial charge is 0.340 e. The van der Waals surface area contributed by atoms with E-state index in [2.05, 4.69) is 36.5 Å². The van der Waals surface area contributed by atoms with Gasteiger partial charge in [-0.1, -0.05) is 29.8 Å². The number of likely N-dealkylation sites (N-methyl/N-ethyl adjacent to an activating group) is 1. The number of halogens is 1. The van der Waals surface area contributed by atoms with Crippen LogP contribution in [0.3, 0.4) is 0 Å². The minimum Gasteiger partial charge on any atom is -0.340 e. The molecule has 1 amide bonds. The molecule has 3 nitrogen and oxygen atoms in total. The van der Waals surface area contributed by atoms with E-state index in [0.717, 1.165) is 11.6 Å². The van der Waals surface area contributed by atoms with Crippen LogP contribution >= 0.6 is 24.2 Å². The first-order valence-electron chi connectivity index (χ1n) is 5.78. The lowest BCUT2D eigenvalue weighted by Gasteiger charge is -2.20. The van der Waals surface area contributed by atoms with Crippen LogP contribution in [0.5, 0.6) is 0 Å². The lowest BCUT2D eigenvalue weighted by atomic mass is 10.1. The number of amides is 1. The van der Waals surface area contributed by atoms with Crippen LogP contribution in [0, 0.1) is 6.92 Å². The fourth-order valence-electron chi connectivity index (χ4n) is 1.87. The number of aryl methyl sites for hydroxylation is 1. The molecule has 0 bridgehead atoms. The zero-order valence-electron chi connectivity index (χ0n) is 10.7. The summed E-state index contributed by atoms with van der Waals surface area (Å²) in [4.78, 5) is 13.9. The van der Waals surface area contributed by atoms with Gasteiger partial charge in [0.15, 0.2) is 0 Å². The van der Waals surface area contributed by atoms with Crippen LogP contribution in [0.15, 0.2) is 24.3 Å². The summed E-state index contributed by atoms with van der Waals surface area (Å²) in [5, 5.41) is 3.20. The average Bonchev–Trinajstić information content (AvgIpc) is 2.84. The highest BCUT2D eigenvalue weighted by Crippen LogP contribution is 2.13. The maximum absolute atomic E-state index is 12.1. The smallest absolute Gasteiger partial charge is 0.240 e. The quantitative estimate of drug-likeness (QED) is 0.923. The number of carbonyl (C=O) groups excluding carboxylic acids is 1. The monoisotopic (exact) mass is 286 g/mol. The number of carbonyl (C=O) groups is 1. The molecule has 1 aromatic rings. The Kier molecular flexibility index (Phi) is 5.99. The van der Waals surface area contributed by atoms with Gasteiger partial charge in [0.2, 0.25) is 5.91 Å². The summed E-state index contributed by atoms with van der Waals surface area (Å²) in [5.74, 6) is 1.96. The fraction of sp³-hybridized carbons (Fsp3) is 0.462. The van der Waals surface area contributed by atoms with Crippen LogP contribution < -0.4 is 5.32 Å². The number of nitrogens with zero attached hydrogens (tertiary/aromatic N) is 1. The molecule has 1 fully saturated rings. The molecular weight excluding hydrogens is 268 g/mol. The van der Waals surface area contributed by atoms with Crippen molar-refractivity contribution >= 4 is 30.1 Å². The lowest BCUT2D eigenvalue weighted by Crippen LogP contribution is -2.42. The molecule has 100 valence electrons. The van der Waals surface area contributed by atoms with Gasteiger partial charge in [0.25, 0.3) is 0 Å². The summed E-state index contributed by atoms with van der Waals surface area (Å²) in [7, 11) is 1.87. The minimum atomic E-state index is -0.00421. The van der Waals surface area contributed by atoms with Crippen LogP contribution in [0.4, 0.5) is 0 Å². The van der Waals surface area contributed by atoms with E-state index < -0.39 is 0 Å². The number of rotatable bonds is 3. The number of hydrogen-bond acceptors (Lipinski definition) is 3. The molecule has 1 aliphatic rings. The van der Waals surface area contributed by atoms with E-state index in [0.29, 0.717) is 6.54 Å². The Labute approximate surface area is 119 Å². The van der Waals surface area contributed by atoms with Crippen LogP contribution in [0.1, 0.15) is 11.1 Å². The number of thioether (sulfide) groups is 1. The summed E-state index contributed by atoms with van der Waals surface area (Å²) >= 11 is 1.78. The van der Waals surface area contributed by atoms with Crippen molar-refractivity contribution in [3.8, 4) is 0 Å². The van der Waals surface area contributed by atoms with Gasteiger partial charge in [0.1, 0.15) is 0 Å². The SMILES string of the molecule is Cc1ccc(CN(C)C(=O)C2CSCN2)cc1.Cl. The van der Waals surface area contributed by atoms with Crippen molar-refractivity contribution in [1.29, 1.82) is 0 Å². The molecule has 1 saturated heterocycles. The van der Waals surface area contributed by atoms with Crippen molar-refractivity contribution in [3.63, 3.8) is 0 Å². The molecule has 1 N–H and O–H groups in total. The molecule has 18 heavy (non-hydrogen) atoms. The molecule has 1 atom stereocenters. The highest BCUT2D eigenvalue weighted by atomic mass is 35.5. The molecule has 0 spiro atoms. The molecule has 0 saturated carbocycles. The second-order valence-electron chi connectivity index (χ2n) is 4.45. The first-order valence-corrected chi connectivity index (χ1v) is 6.94. The van der Waals surface area contributed by atoms with Crippen molar-refractivity contribution in [2.24, 2.45) is 0 Å². The van der Waals surface area contributed by atoms with Crippen molar-refractivity contribution in [3.05, 3.63) is 35.4 Å². The summed E-state index contributed by atoms with van der Waals surface area (Å²) < 4.78 is 0. The third-order valence-corrected chi connectivity index (χ3v) is 3.87. The highest BCUT2D eigenvalue weighted by Gasteiger charge is 2.25. The maximum atomic E-state index is 12.1. The summed E-state index contributed by atoms with van der Waals surface area (Å²) in [6.45, 7) is 2.75. The van der Waals surface area contributed by atoms with Crippen molar-refractivity contribution < 1.29 is 4.79 Å². The van der Waals surface area contributed by atoms with Gasteiger partial charge in [-0.05, 0) is 12.5 Å². The van der Waals surface area contributed by atoms with Gasteiger partial charge in [0.05, 0.1) is 6.04 Å². The second kappa shape index (κ2) is 7.02. The minimum absolute atomic E-state index is 0. The van der Waals surface area contributed by atoms with Gasteiger partial charge in [-0.2, -0.15) is 0 Å². The maximum Gasteiger partial charge on any atom is 0.240 e. The average molecular weight is 287 g/mol. The lowest BCUT2D eigenvalue weighted by molar-refractivity contribution is -0.131. The van der Waals surface area contributed by atoms with Gasteiger partial charge in [-0.3, -0.25) is 10.1 Å². The summed E-state index contributed by atoms with van der Waals surface area (Å²) in [6.07, 6.45) is 0. The molecule has 0 radical (unpaired) electrons. The molecule has 1 aromatic carbocycles. The third-order valence-electron chi connectivity index (χ3n) is 2.93. The second-order valence-corrected chi connectivity index (χ2v) is 5.48. The van der Waals surface area contributed by atoms with Crippen molar-refractivity contribution in [2.75, 3.05) is 18.7 Å². The van der Waals surface area contributed by atoms with E-state index in [1.54, 1.807) is 16.7 Å². The Hall–Kier alpha value is -0.710. The Balaban J connectivity index is 0.00000162. The fourth-order valence-corrected chi connectivity index (χ4v) is 2.80. The summed E-state index contributed by atoms with van der Waals surface area (Å²) in [6, 6.07) is 8.32. The summed E-state index contributed by atoms with van der Waals surface area (Å²) in [5.41, 5.74) is 2.42. The molecular formula is C13H19ClN2OS. The first-order chi connectivity index (χ1) is 8.16. The molecule has 1 unspecified atom stereocenters. The Morgan fingerprint density at radius 2 is 2.11 bits per heavy atom. The predicted octanol–water partition coefficient (Wildman–Crippen LogP) is 2.04. The molecule has 5 heteroatoms. The van der Waals surface area contributed by atoms with Crippen LogP contribution in [-0.4, -0.2) is 35.5 Å². The number of hydrogen-bond donors (Lipinski definition) is 1. The third kappa shape index (κ3) is 3.90. The zero-order valence-corrected chi connectivity index (χ0v) is 12.3. The van der Waals surface area contributed by atoms with E-state index >= 15 is 0 Å². The Morgan fingerprint density at radius 1 is 1.44 bits per heavy atom. The van der Waals surface area contributed by atoms with Crippen LogP contribution in [0.2, 0.25) is 0 Å². The topological polar surface area (TPSA) is 32.3 Å². The van der Waals surface area contributed by atoms with Crippen LogP contribution in [0.25, 0.3) is 0 Å². The zero-order chi connectivity index (χ0) is 12.3. The van der Waals surface area contributed by atoms with Gasteiger partial charge in [-0.15, -0.1) is 24.2 Å². The van der Waals surface area contributed by atoms with Gasteiger partial charge < -0.3 is 4.90 Å². The van der Waals surface area contributed by atoms with Gasteiger partial charge >= 0.3 is 0 Å². The van der Waals surface area contributed by atoms with E-state index in [-0.39, 0.29) is 24.4 Å². The number of benzene rings is 1.